The number of ketones is 2. The zero-order chi connectivity index (χ0) is 33.3. The molecule has 4 saturated carbocycles. The number of nitrogens with two attached hydrogens (primary N) is 1. The van der Waals surface area contributed by atoms with Gasteiger partial charge in [-0.05, 0) is 83.7 Å². The third-order valence-corrected chi connectivity index (χ3v) is 13.5. The molecule has 0 aromatic carbocycles. The van der Waals surface area contributed by atoms with E-state index in [0.29, 0.717) is 18.3 Å². The van der Waals surface area contributed by atoms with Gasteiger partial charge in [0, 0.05) is 37.5 Å². The first-order chi connectivity index (χ1) is 21.0. The Kier molecular flexibility index (Phi) is 8.55. The van der Waals surface area contributed by atoms with E-state index >= 15 is 0 Å². The van der Waals surface area contributed by atoms with E-state index in [9.17, 15) is 24.0 Å². The summed E-state index contributed by atoms with van der Waals surface area (Å²) in [6.07, 6.45) is 8.12. The Morgan fingerprint density at radius 2 is 1.76 bits per heavy atom. The average molecular weight is 626 g/mol. The maximum absolute atomic E-state index is 14.0. The molecule has 0 amide bonds. The average Bonchev–Trinajstić information content (AvgIpc) is 3.59. The lowest BCUT2D eigenvalue weighted by molar-refractivity contribution is -0.166. The number of rotatable bonds is 10. The molecule has 0 aromatic heterocycles. The van der Waals surface area contributed by atoms with Crippen molar-refractivity contribution >= 4 is 29.5 Å². The molecule has 2 N–H and O–H groups in total. The SMILES string of the molecule is C=C(C(=O)[C@H](OC(C)=O)[C@@H](C)[C@H]1[C@@H](OC(C)=O)C[C@@]2(C)[C@@H]3CC[C@H]4[C@H](C)C(=O)C=C[C@@]45C[C@@]35CC[C@]12C)[C@@H](C)COC(=O)CN. The Hall–Kier alpha value is -2.81. The largest absolute Gasteiger partial charge is 0.464 e. The maximum atomic E-state index is 14.0. The molecule has 9 heteroatoms. The smallest absolute Gasteiger partial charge is 0.319 e. The van der Waals surface area contributed by atoms with Crippen LogP contribution >= 0.6 is 0 Å². The quantitative estimate of drug-likeness (QED) is 0.207. The number of hydrogen-bond acceptors (Lipinski definition) is 9. The van der Waals surface area contributed by atoms with Gasteiger partial charge < -0.3 is 19.9 Å². The van der Waals surface area contributed by atoms with Crippen molar-refractivity contribution in [2.24, 2.45) is 62.9 Å². The Labute approximate surface area is 267 Å². The van der Waals surface area contributed by atoms with E-state index in [2.05, 4.69) is 33.4 Å². The fraction of sp³-hybridized carbons (Fsp3) is 0.750. The van der Waals surface area contributed by atoms with Crippen molar-refractivity contribution in [2.75, 3.05) is 13.2 Å². The molecular formula is C36H51NO8. The molecule has 45 heavy (non-hydrogen) atoms. The summed E-state index contributed by atoms with van der Waals surface area (Å²) in [4.78, 5) is 63.3. The highest BCUT2D eigenvalue weighted by molar-refractivity contribution is 6.00. The highest BCUT2D eigenvalue weighted by atomic mass is 16.6. The molecule has 248 valence electrons. The highest BCUT2D eigenvalue weighted by Crippen LogP contribution is 2.87. The van der Waals surface area contributed by atoms with Gasteiger partial charge in [0.1, 0.15) is 6.10 Å². The molecule has 5 rings (SSSR count). The second-order valence-corrected chi connectivity index (χ2v) is 15.4. The van der Waals surface area contributed by atoms with Crippen LogP contribution in [0.2, 0.25) is 0 Å². The van der Waals surface area contributed by atoms with Gasteiger partial charge in [0.2, 0.25) is 0 Å². The van der Waals surface area contributed by atoms with Crippen LogP contribution in [0, 0.1) is 57.2 Å². The normalized spacial score (nSPS) is 41.2. The van der Waals surface area contributed by atoms with Crippen LogP contribution in [0.1, 0.15) is 87.0 Å². The van der Waals surface area contributed by atoms with Crippen molar-refractivity contribution in [3.05, 3.63) is 24.3 Å². The monoisotopic (exact) mass is 625 g/mol. The van der Waals surface area contributed by atoms with Crippen LogP contribution in [0.5, 0.6) is 0 Å². The van der Waals surface area contributed by atoms with Gasteiger partial charge in [-0.25, -0.2) is 0 Å². The predicted octanol–water partition coefficient (Wildman–Crippen LogP) is 4.75. The predicted molar refractivity (Wildman–Crippen MR) is 166 cm³/mol. The molecule has 12 atom stereocenters. The first-order valence-electron chi connectivity index (χ1n) is 16.7. The van der Waals surface area contributed by atoms with Gasteiger partial charge in [0.15, 0.2) is 17.7 Å². The van der Waals surface area contributed by atoms with Gasteiger partial charge in [-0.2, -0.15) is 0 Å². The summed E-state index contributed by atoms with van der Waals surface area (Å²) in [5.41, 5.74) is 5.19. The third-order valence-electron chi connectivity index (χ3n) is 13.5. The van der Waals surface area contributed by atoms with Gasteiger partial charge in [-0.1, -0.05) is 47.3 Å². The summed E-state index contributed by atoms with van der Waals surface area (Å²) in [5, 5.41) is 0. The van der Waals surface area contributed by atoms with Crippen LogP contribution in [-0.4, -0.2) is 54.8 Å². The van der Waals surface area contributed by atoms with Crippen molar-refractivity contribution in [1.29, 1.82) is 0 Å². The van der Waals surface area contributed by atoms with Crippen molar-refractivity contribution in [2.45, 2.75) is 99.2 Å². The first-order valence-corrected chi connectivity index (χ1v) is 16.7. The van der Waals surface area contributed by atoms with Crippen molar-refractivity contribution in [3.63, 3.8) is 0 Å². The fourth-order valence-electron chi connectivity index (χ4n) is 11.2. The molecule has 0 aromatic rings. The van der Waals surface area contributed by atoms with Crippen LogP contribution in [0.25, 0.3) is 0 Å². The highest BCUT2D eigenvalue weighted by Gasteiger charge is 2.81. The molecular weight excluding hydrogens is 574 g/mol. The lowest BCUT2D eigenvalue weighted by Crippen LogP contribution is -2.56. The summed E-state index contributed by atoms with van der Waals surface area (Å²) in [6, 6.07) is 0. The Bertz CT molecular complexity index is 1340. The van der Waals surface area contributed by atoms with E-state index in [-0.39, 0.29) is 64.0 Å². The molecule has 0 aliphatic heterocycles. The maximum Gasteiger partial charge on any atom is 0.319 e. The Balaban J connectivity index is 1.48. The number of ether oxygens (including phenoxy) is 3. The van der Waals surface area contributed by atoms with Crippen LogP contribution in [-0.2, 0) is 38.2 Å². The lowest BCUT2D eigenvalue weighted by Gasteiger charge is -2.61. The lowest BCUT2D eigenvalue weighted by atomic mass is 9.43. The number of carbonyl (C=O) groups is 5. The number of carbonyl (C=O) groups excluding carboxylic acids is 5. The Morgan fingerprint density at radius 1 is 1.07 bits per heavy atom. The van der Waals surface area contributed by atoms with Crippen molar-refractivity contribution < 1.29 is 38.2 Å². The summed E-state index contributed by atoms with van der Waals surface area (Å²) in [5.74, 6) is -2.22. The van der Waals surface area contributed by atoms with E-state index in [4.69, 9.17) is 19.9 Å². The number of hydrogen-bond donors (Lipinski definition) is 1. The molecule has 2 spiro atoms. The molecule has 5 aliphatic carbocycles. The Morgan fingerprint density at radius 3 is 2.38 bits per heavy atom. The van der Waals surface area contributed by atoms with E-state index in [1.54, 1.807) is 6.92 Å². The van der Waals surface area contributed by atoms with Crippen molar-refractivity contribution in [3.8, 4) is 0 Å². The topological polar surface area (TPSA) is 139 Å². The fourth-order valence-corrected chi connectivity index (χ4v) is 11.2. The van der Waals surface area contributed by atoms with Crippen LogP contribution in [0.4, 0.5) is 0 Å². The zero-order valence-electron chi connectivity index (χ0n) is 28.0. The molecule has 0 unspecified atom stereocenters. The van der Waals surface area contributed by atoms with Gasteiger partial charge in [-0.3, -0.25) is 24.0 Å². The van der Waals surface area contributed by atoms with E-state index in [1.165, 1.54) is 13.8 Å². The van der Waals surface area contributed by atoms with Gasteiger partial charge in [0.05, 0.1) is 13.2 Å². The molecule has 0 heterocycles. The minimum atomic E-state index is -1.14. The molecule has 5 aliphatic rings. The summed E-state index contributed by atoms with van der Waals surface area (Å²) in [6.45, 7) is 16.8. The van der Waals surface area contributed by atoms with Crippen LogP contribution in [0.15, 0.2) is 24.3 Å². The second-order valence-electron chi connectivity index (χ2n) is 15.4. The molecule has 0 radical (unpaired) electrons. The van der Waals surface area contributed by atoms with Gasteiger partial charge in [0.25, 0.3) is 0 Å². The number of esters is 3. The third kappa shape index (κ3) is 4.94. The van der Waals surface area contributed by atoms with Crippen LogP contribution in [0.3, 0.4) is 0 Å². The minimum absolute atomic E-state index is 0.0337. The molecule has 0 bridgehead atoms. The number of fused-ring (bicyclic) bond motifs is 2. The zero-order valence-corrected chi connectivity index (χ0v) is 28.0. The first kappa shape index (κ1) is 33.6. The molecule has 4 fully saturated rings. The van der Waals surface area contributed by atoms with Crippen molar-refractivity contribution in [1.82, 2.24) is 0 Å². The van der Waals surface area contributed by atoms with E-state index in [1.807, 2.05) is 13.0 Å². The van der Waals surface area contributed by atoms with E-state index < -0.39 is 41.8 Å². The second kappa shape index (κ2) is 11.5. The van der Waals surface area contributed by atoms with Crippen LogP contribution < -0.4 is 5.73 Å². The van der Waals surface area contributed by atoms with Gasteiger partial charge in [-0.15, -0.1) is 0 Å². The van der Waals surface area contributed by atoms with E-state index in [0.717, 1.165) is 32.1 Å². The standard InChI is InChI=1S/C36H51NO8/c1-19(17-43-29(41)16-37)20(2)31(42)32(45-24(6)39)22(4)30-27(44-23(5)38)15-34(8)28-10-9-25-21(3)26(40)11-12-35(25)18-36(28,35)14-13-33(30,34)7/h11-12,19,21-22,25,27-28,30,32H,2,9-10,13-18,37H2,1,3-8H3/t19-,21-,22-,25-,27-,28-,30-,32+,33+,34-,35+,36-/m0/s1. The summed E-state index contributed by atoms with van der Waals surface area (Å²) in [7, 11) is 0. The summed E-state index contributed by atoms with van der Waals surface area (Å²) < 4.78 is 17.0. The molecule has 0 saturated heterocycles. The summed E-state index contributed by atoms with van der Waals surface area (Å²) >= 11 is 0. The molecule has 9 nitrogen and oxygen atoms in total. The minimum Gasteiger partial charge on any atom is -0.464 e. The number of allylic oxidation sites excluding steroid dienone is 2. The number of Topliss-reactive ketones (excluding diaryl/α,β-unsaturated/α-hetero) is 1. The van der Waals surface area contributed by atoms with Gasteiger partial charge >= 0.3 is 17.9 Å².